The van der Waals surface area contributed by atoms with Crippen molar-refractivity contribution in [2.24, 2.45) is 11.8 Å². The molecule has 0 heterocycles. The van der Waals surface area contributed by atoms with E-state index in [-0.39, 0.29) is 17.8 Å². The molecule has 0 fully saturated rings. The Morgan fingerprint density at radius 3 is 2.47 bits per heavy atom. The maximum absolute atomic E-state index is 11.8. The minimum absolute atomic E-state index is 0.122. The van der Waals surface area contributed by atoms with Gasteiger partial charge in [-0.15, -0.1) is 0 Å². The Morgan fingerprint density at radius 2 is 1.95 bits per heavy atom. The van der Waals surface area contributed by atoms with Gasteiger partial charge in [-0.05, 0) is 38.2 Å². The summed E-state index contributed by atoms with van der Waals surface area (Å²) in [4.78, 5) is 11.8. The molecule has 0 amide bonds. The highest BCUT2D eigenvalue weighted by molar-refractivity contribution is 5.72. The molecule has 0 saturated heterocycles. The molecule has 2 heteroatoms. The van der Waals surface area contributed by atoms with Gasteiger partial charge in [0.1, 0.15) is 0 Å². The van der Waals surface area contributed by atoms with Crippen molar-refractivity contribution in [3.8, 4) is 0 Å². The van der Waals surface area contributed by atoms with Crippen LogP contribution in [0.3, 0.4) is 0 Å². The second kappa shape index (κ2) is 7.78. The molecule has 0 aliphatic carbocycles. The average molecular weight is 260 g/mol. The largest absolute Gasteiger partial charge is 0.466 e. The molecule has 2 nitrogen and oxygen atoms in total. The van der Waals surface area contributed by atoms with Crippen LogP contribution in [0.5, 0.6) is 0 Å². The van der Waals surface area contributed by atoms with Crippen LogP contribution in [0.2, 0.25) is 0 Å². The Labute approximate surface area is 116 Å². The van der Waals surface area contributed by atoms with Gasteiger partial charge in [-0.1, -0.05) is 49.4 Å². The van der Waals surface area contributed by atoms with Crippen molar-refractivity contribution in [3.63, 3.8) is 0 Å². The lowest BCUT2D eigenvalue weighted by Crippen LogP contribution is -2.24. The summed E-state index contributed by atoms with van der Waals surface area (Å²) < 4.78 is 5.11. The van der Waals surface area contributed by atoms with E-state index in [1.54, 1.807) is 0 Å². The minimum Gasteiger partial charge on any atom is -0.466 e. The summed E-state index contributed by atoms with van der Waals surface area (Å²) in [6.07, 6.45) is 1.89. The summed E-state index contributed by atoms with van der Waals surface area (Å²) in [5.74, 6) is -0.0658. The first-order valence-corrected chi connectivity index (χ1v) is 6.92. The average Bonchev–Trinajstić information content (AvgIpc) is 2.39. The zero-order valence-corrected chi connectivity index (χ0v) is 12.2. The number of allylic oxidation sites excluding steroid dienone is 1. The maximum atomic E-state index is 11.8. The lowest BCUT2D eigenvalue weighted by molar-refractivity contribution is -0.148. The van der Waals surface area contributed by atoms with E-state index >= 15 is 0 Å². The predicted octanol–water partition coefficient (Wildman–Crippen LogP) is 4.01. The Hall–Kier alpha value is -1.57. The lowest BCUT2D eigenvalue weighted by Gasteiger charge is -2.23. The van der Waals surface area contributed by atoms with Crippen molar-refractivity contribution in [3.05, 3.63) is 48.0 Å². The monoisotopic (exact) mass is 260 g/mol. The van der Waals surface area contributed by atoms with Gasteiger partial charge < -0.3 is 4.74 Å². The van der Waals surface area contributed by atoms with Crippen molar-refractivity contribution in [1.29, 1.82) is 0 Å². The fourth-order valence-corrected chi connectivity index (χ4v) is 2.33. The molecule has 1 aromatic carbocycles. The smallest absolute Gasteiger partial charge is 0.309 e. The standard InChI is InChI=1S/C17H24O2/c1-5-19-17(18)14(4)16(13(2)3)12-11-15-9-7-6-8-10-15/h6-10,14,16H,2,5,11-12H2,1,3-4H3/t14-,16+/m1/s1. The molecule has 104 valence electrons. The molecule has 0 aromatic heterocycles. The normalized spacial score (nSPS) is 13.6. The summed E-state index contributed by atoms with van der Waals surface area (Å²) in [6, 6.07) is 10.3. The summed E-state index contributed by atoms with van der Waals surface area (Å²) in [6.45, 7) is 10.2. The second-order valence-corrected chi connectivity index (χ2v) is 5.02. The van der Waals surface area contributed by atoms with E-state index in [2.05, 4.69) is 18.7 Å². The summed E-state index contributed by atoms with van der Waals surface area (Å²) >= 11 is 0. The first-order valence-electron chi connectivity index (χ1n) is 6.92. The van der Waals surface area contributed by atoms with Gasteiger partial charge in [-0.3, -0.25) is 4.79 Å². The van der Waals surface area contributed by atoms with E-state index in [9.17, 15) is 4.79 Å². The van der Waals surface area contributed by atoms with Crippen LogP contribution in [0.25, 0.3) is 0 Å². The van der Waals surface area contributed by atoms with Crippen LogP contribution in [0.15, 0.2) is 42.5 Å². The van der Waals surface area contributed by atoms with Crippen molar-refractivity contribution < 1.29 is 9.53 Å². The van der Waals surface area contributed by atoms with Gasteiger partial charge in [0.2, 0.25) is 0 Å². The molecule has 1 aromatic rings. The highest BCUT2D eigenvalue weighted by Crippen LogP contribution is 2.26. The highest BCUT2D eigenvalue weighted by atomic mass is 16.5. The number of rotatable bonds is 7. The van der Waals surface area contributed by atoms with E-state index in [0.717, 1.165) is 18.4 Å². The van der Waals surface area contributed by atoms with Gasteiger partial charge in [0.15, 0.2) is 0 Å². The molecule has 0 spiro atoms. The Bertz CT molecular complexity index is 409. The fourth-order valence-electron chi connectivity index (χ4n) is 2.33. The number of benzene rings is 1. The van der Waals surface area contributed by atoms with Crippen LogP contribution in [0, 0.1) is 11.8 Å². The summed E-state index contributed by atoms with van der Waals surface area (Å²) in [5, 5.41) is 0. The fraction of sp³-hybridized carbons (Fsp3) is 0.471. The van der Waals surface area contributed by atoms with Crippen molar-refractivity contribution in [2.45, 2.75) is 33.6 Å². The zero-order chi connectivity index (χ0) is 14.3. The van der Waals surface area contributed by atoms with Gasteiger partial charge in [-0.25, -0.2) is 0 Å². The molecule has 2 atom stereocenters. The molecule has 1 rings (SSSR count). The minimum atomic E-state index is -0.124. The molecule has 0 radical (unpaired) electrons. The molecule has 0 aliphatic heterocycles. The van der Waals surface area contributed by atoms with Crippen molar-refractivity contribution >= 4 is 5.97 Å². The van der Waals surface area contributed by atoms with E-state index in [1.165, 1.54) is 5.56 Å². The SMILES string of the molecule is C=C(C)[C@H](CCc1ccccc1)[C@@H](C)C(=O)OCC. The third-order valence-corrected chi connectivity index (χ3v) is 3.48. The Balaban J connectivity index is 2.63. The number of hydrogen-bond acceptors (Lipinski definition) is 2. The number of hydrogen-bond donors (Lipinski definition) is 0. The van der Waals surface area contributed by atoms with E-state index in [1.807, 2.05) is 39.0 Å². The van der Waals surface area contributed by atoms with Crippen LogP contribution in [-0.2, 0) is 16.0 Å². The van der Waals surface area contributed by atoms with Crippen LogP contribution in [-0.4, -0.2) is 12.6 Å². The van der Waals surface area contributed by atoms with E-state index < -0.39 is 0 Å². The first kappa shape index (κ1) is 15.5. The predicted molar refractivity (Wildman–Crippen MR) is 78.9 cm³/mol. The molecule has 0 bridgehead atoms. The van der Waals surface area contributed by atoms with Crippen LogP contribution in [0.4, 0.5) is 0 Å². The lowest BCUT2D eigenvalue weighted by atomic mass is 9.84. The van der Waals surface area contributed by atoms with E-state index in [4.69, 9.17) is 4.74 Å². The summed E-state index contributed by atoms with van der Waals surface area (Å²) in [5.41, 5.74) is 2.35. The van der Waals surface area contributed by atoms with Gasteiger partial charge >= 0.3 is 5.97 Å². The topological polar surface area (TPSA) is 26.3 Å². The Morgan fingerprint density at radius 1 is 1.32 bits per heavy atom. The third kappa shape index (κ3) is 4.90. The molecule has 0 saturated carbocycles. The second-order valence-electron chi connectivity index (χ2n) is 5.02. The zero-order valence-electron chi connectivity index (χ0n) is 12.2. The van der Waals surface area contributed by atoms with Gasteiger partial charge in [0, 0.05) is 0 Å². The maximum Gasteiger partial charge on any atom is 0.309 e. The first-order chi connectivity index (χ1) is 9.06. The number of ether oxygens (including phenoxy) is 1. The summed E-state index contributed by atoms with van der Waals surface area (Å²) in [7, 11) is 0. The molecule has 0 N–H and O–H groups in total. The van der Waals surface area contributed by atoms with Crippen LogP contribution < -0.4 is 0 Å². The highest BCUT2D eigenvalue weighted by Gasteiger charge is 2.25. The molecule has 0 unspecified atom stereocenters. The molecular formula is C17H24O2. The van der Waals surface area contributed by atoms with Crippen LogP contribution >= 0.6 is 0 Å². The van der Waals surface area contributed by atoms with Crippen molar-refractivity contribution in [2.75, 3.05) is 6.61 Å². The number of aryl methyl sites for hydroxylation is 1. The Kier molecular flexibility index (Phi) is 6.34. The number of esters is 1. The molecular weight excluding hydrogens is 236 g/mol. The van der Waals surface area contributed by atoms with Gasteiger partial charge in [0.25, 0.3) is 0 Å². The number of carbonyl (C=O) groups is 1. The number of carbonyl (C=O) groups excluding carboxylic acids is 1. The van der Waals surface area contributed by atoms with E-state index in [0.29, 0.717) is 6.61 Å². The third-order valence-electron chi connectivity index (χ3n) is 3.48. The van der Waals surface area contributed by atoms with Crippen LogP contribution in [0.1, 0.15) is 32.8 Å². The van der Waals surface area contributed by atoms with Gasteiger partial charge in [-0.2, -0.15) is 0 Å². The van der Waals surface area contributed by atoms with Gasteiger partial charge in [0.05, 0.1) is 12.5 Å². The molecule has 19 heavy (non-hydrogen) atoms. The molecule has 0 aliphatic rings. The quantitative estimate of drug-likeness (QED) is 0.547. The van der Waals surface area contributed by atoms with Crippen molar-refractivity contribution in [1.82, 2.24) is 0 Å².